The lowest BCUT2D eigenvalue weighted by Crippen LogP contribution is -2.26. The number of aromatic nitrogens is 1. The molecule has 1 atom stereocenters. The van der Waals surface area contributed by atoms with E-state index in [2.05, 4.69) is 0 Å². The molecule has 0 aliphatic carbocycles. The average Bonchev–Trinajstić information content (AvgIpc) is 2.45. The summed E-state index contributed by atoms with van der Waals surface area (Å²) >= 11 is 0. The van der Waals surface area contributed by atoms with Gasteiger partial charge in [0.1, 0.15) is 0 Å². The molecule has 0 spiro atoms. The van der Waals surface area contributed by atoms with Gasteiger partial charge in [0.15, 0.2) is 22.2 Å². The molecule has 0 aromatic carbocycles. The Labute approximate surface area is 82.7 Å². The number of hydrogen-bond acceptors (Lipinski definition) is 3. The van der Waals surface area contributed by atoms with Gasteiger partial charge >= 0.3 is 0 Å². The third-order valence-corrected chi connectivity index (χ3v) is 4.73. The molecule has 0 amide bonds. The van der Waals surface area contributed by atoms with Crippen molar-refractivity contribution in [3.8, 4) is 0 Å². The van der Waals surface area contributed by atoms with Gasteiger partial charge in [0.25, 0.3) is 0 Å². The molecule has 0 saturated carbocycles. The number of nitrogens with zero attached hydrogens (tertiary/aromatic N) is 1. The third kappa shape index (κ3) is 1.59. The van der Waals surface area contributed by atoms with E-state index in [1.54, 1.807) is 12.1 Å². The van der Waals surface area contributed by atoms with Crippen LogP contribution in [0.2, 0.25) is 0 Å². The molecule has 2 heterocycles. The summed E-state index contributed by atoms with van der Waals surface area (Å²) in [6.45, 7) is 0. The largest absolute Gasteiger partial charge is 0.619 e. The Kier molecular flexibility index (Phi) is 2.19. The average molecular weight is 213 g/mol. The van der Waals surface area contributed by atoms with Crippen LogP contribution in [0, 0.1) is 5.21 Å². The van der Waals surface area contributed by atoms with Gasteiger partial charge < -0.3 is 5.21 Å². The second-order valence-electron chi connectivity index (χ2n) is 3.50. The maximum Gasteiger partial charge on any atom is 0.184 e. The molecule has 1 aliphatic rings. The van der Waals surface area contributed by atoms with E-state index in [1.165, 1.54) is 12.4 Å². The molecule has 1 fully saturated rings. The molecule has 1 aliphatic heterocycles. The van der Waals surface area contributed by atoms with Gasteiger partial charge in [0, 0.05) is 11.6 Å². The van der Waals surface area contributed by atoms with Crippen molar-refractivity contribution < 1.29 is 13.1 Å². The fourth-order valence-corrected chi connectivity index (χ4v) is 3.76. The first-order chi connectivity index (χ1) is 6.59. The van der Waals surface area contributed by atoms with Crippen molar-refractivity contribution in [1.82, 2.24) is 0 Å². The van der Waals surface area contributed by atoms with E-state index in [0.29, 0.717) is 23.1 Å². The van der Waals surface area contributed by atoms with Gasteiger partial charge in [-0.1, -0.05) is 0 Å². The first-order valence-electron chi connectivity index (χ1n) is 4.50. The normalized spacial score (nSPS) is 25.0. The van der Waals surface area contributed by atoms with Crippen molar-refractivity contribution >= 4 is 9.84 Å². The van der Waals surface area contributed by atoms with Crippen LogP contribution in [0.15, 0.2) is 24.5 Å². The van der Waals surface area contributed by atoms with Gasteiger partial charge in [-0.15, -0.1) is 0 Å². The van der Waals surface area contributed by atoms with Crippen LogP contribution in [-0.2, 0) is 9.84 Å². The van der Waals surface area contributed by atoms with Crippen LogP contribution in [0.5, 0.6) is 0 Å². The minimum absolute atomic E-state index is 0.241. The van der Waals surface area contributed by atoms with Crippen LogP contribution in [-0.4, -0.2) is 14.2 Å². The Morgan fingerprint density at radius 1 is 1.50 bits per heavy atom. The summed E-state index contributed by atoms with van der Waals surface area (Å²) in [7, 11) is -3.01. The molecule has 0 bridgehead atoms. The van der Waals surface area contributed by atoms with Crippen LogP contribution in [0.4, 0.5) is 0 Å². The highest BCUT2D eigenvalue weighted by molar-refractivity contribution is 7.91. The zero-order chi connectivity index (χ0) is 10.2. The summed E-state index contributed by atoms with van der Waals surface area (Å²) in [5, 5.41) is 10.5. The standard InChI is InChI=1S/C9H11NO3S/c11-10-5-1-3-8(7-10)9-4-2-6-14(9,12)13/h1,3,5,7,9H,2,4,6H2. The first kappa shape index (κ1) is 9.45. The van der Waals surface area contributed by atoms with Gasteiger partial charge in [0.05, 0.1) is 11.0 Å². The SMILES string of the molecule is O=S1(=O)CCCC1c1ccc[n+]([O-])c1. The fourth-order valence-electron chi connectivity index (χ4n) is 1.83. The highest BCUT2D eigenvalue weighted by Crippen LogP contribution is 2.33. The fraction of sp³-hybridized carbons (Fsp3) is 0.444. The zero-order valence-corrected chi connectivity index (χ0v) is 8.40. The van der Waals surface area contributed by atoms with Crippen LogP contribution in [0.25, 0.3) is 0 Å². The Morgan fingerprint density at radius 3 is 2.86 bits per heavy atom. The quantitative estimate of drug-likeness (QED) is 0.506. The summed E-state index contributed by atoms with van der Waals surface area (Å²) in [4.78, 5) is 0. The smallest absolute Gasteiger partial charge is 0.184 e. The van der Waals surface area contributed by atoms with Gasteiger partial charge in [-0.3, -0.25) is 0 Å². The Bertz CT molecular complexity index is 441. The van der Waals surface area contributed by atoms with Crippen LogP contribution >= 0.6 is 0 Å². The van der Waals surface area contributed by atoms with E-state index in [9.17, 15) is 13.6 Å². The molecule has 1 saturated heterocycles. The molecule has 14 heavy (non-hydrogen) atoms. The number of rotatable bonds is 1. The minimum atomic E-state index is -3.01. The van der Waals surface area contributed by atoms with E-state index in [4.69, 9.17) is 0 Å². The van der Waals surface area contributed by atoms with E-state index < -0.39 is 15.1 Å². The Morgan fingerprint density at radius 2 is 2.29 bits per heavy atom. The number of pyridine rings is 1. The highest BCUT2D eigenvalue weighted by atomic mass is 32.2. The van der Waals surface area contributed by atoms with Gasteiger partial charge in [-0.25, -0.2) is 8.42 Å². The zero-order valence-electron chi connectivity index (χ0n) is 7.59. The summed E-state index contributed by atoms with van der Waals surface area (Å²) < 4.78 is 23.8. The minimum Gasteiger partial charge on any atom is -0.619 e. The number of hydrogen-bond donors (Lipinski definition) is 0. The summed E-state index contributed by atoms with van der Waals surface area (Å²) in [6, 6.07) is 3.28. The molecule has 1 unspecified atom stereocenters. The van der Waals surface area contributed by atoms with E-state index in [1.807, 2.05) is 0 Å². The topological polar surface area (TPSA) is 61.1 Å². The lowest BCUT2D eigenvalue weighted by molar-refractivity contribution is -0.605. The molecule has 2 rings (SSSR count). The second-order valence-corrected chi connectivity index (χ2v) is 5.80. The van der Waals surface area contributed by atoms with Gasteiger partial charge in [-0.05, 0) is 18.9 Å². The molecule has 0 N–H and O–H groups in total. The maximum atomic E-state index is 11.6. The molecule has 0 radical (unpaired) electrons. The van der Waals surface area contributed by atoms with Crippen molar-refractivity contribution in [1.29, 1.82) is 0 Å². The van der Waals surface area contributed by atoms with E-state index >= 15 is 0 Å². The molecule has 76 valence electrons. The predicted molar refractivity (Wildman–Crippen MR) is 51.2 cm³/mol. The highest BCUT2D eigenvalue weighted by Gasteiger charge is 2.33. The Balaban J connectivity index is 2.41. The molecule has 1 aromatic heterocycles. The van der Waals surface area contributed by atoms with Crippen molar-refractivity contribution in [2.45, 2.75) is 18.1 Å². The second kappa shape index (κ2) is 3.24. The van der Waals surface area contributed by atoms with Crippen LogP contribution in [0.1, 0.15) is 23.7 Å². The molecule has 4 nitrogen and oxygen atoms in total. The lowest BCUT2D eigenvalue weighted by Gasteiger charge is -2.07. The monoisotopic (exact) mass is 213 g/mol. The van der Waals surface area contributed by atoms with Crippen molar-refractivity contribution in [2.24, 2.45) is 0 Å². The summed E-state index contributed by atoms with van der Waals surface area (Å²) in [6.07, 6.45) is 4.02. The first-order valence-corrected chi connectivity index (χ1v) is 6.21. The van der Waals surface area contributed by atoms with E-state index in [0.717, 1.165) is 0 Å². The molecular formula is C9H11NO3S. The van der Waals surface area contributed by atoms with Crippen molar-refractivity contribution in [3.63, 3.8) is 0 Å². The number of sulfone groups is 1. The van der Waals surface area contributed by atoms with Crippen LogP contribution < -0.4 is 4.73 Å². The Hall–Kier alpha value is -1.10. The summed E-state index contributed by atoms with van der Waals surface area (Å²) in [5.74, 6) is 0.241. The molecular weight excluding hydrogens is 202 g/mol. The van der Waals surface area contributed by atoms with Gasteiger partial charge in [0.2, 0.25) is 0 Å². The predicted octanol–water partition coefficient (Wildman–Crippen LogP) is 0.570. The van der Waals surface area contributed by atoms with Crippen LogP contribution in [0.3, 0.4) is 0 Å². The molecule has 1 aromatic rings. The third-order valence-electron chi connectivity index (χ3n) is 2.50. The van der Waals surface area contributed by atoms with Crippen molar-refractivity contribution in [2.75, 3.05) is 5.75 Å². The van der Waals surface area contributed by atoms with E-state index in [-0.39, 0.29) is 5.75 Å². The summed E-state index contributed by atoms with van der Waals surface area (Å²) in [5.41, 5.74) is 0.611. The lowest BCUT2D eigenvalue weighted by atomic mass is 10.1. The van der Waals surface area contributed by atoms with Crippen molar-refractivity contribution in [3.05, 3.63) is 35.3 Å². The maximum absolute atomic E-state index is 11.6. The van der Waals surface area contributed by atoms with Gasteiger partial charge in [-0.2, -0.15) is 4.73 Å². The molecule has 5 heteroatoms.